The number of hydrogen-bond acceptors (Lipinski definition) is 2. The standard InChI is InChI=1S/C20H23N3O/c1-13-7-14(2)9-19(8-13)23-15(3)10-17(16(23)4)11-18(12-21)20(24)22(5)6/h7-11H,1-6H3/b18-11+. The predicted octanol–water partition coefficient (Wildman–Crippen LogP) is 3.71. The number of nitrogens with zero attached hydrogens (tertiary/aromatic N) is 3. The Hall–Kier alpha value is -2.80. The van der Waals surface area contributed by atoms with Crippen LogP contribution in [0.3, 0.4) is 0 Å². The lowest BCUT2D eigenvalue weighted by Crippen LogP contribution is -2.22. The van der Waals surface area contributed by atoms with Crippen molar-refractivity contribution < 1.29 is 4.79 Å². The van der Waals surface area contributed by atoms with Crippen LogP contribution in [0.5, 0.6) is 0 Å². The summed E-state index contributed by atoms with van der Waals surface area (Å²) in [6.07, 6.45) is 1.67. The van der Waals surface area contributed by atoms with E-state index in [1.807, 2.05) is 26.0 Å². The van der Waals surface area contributed by atoms with Gasteiger partial charge in [0.2, 0.25) is 0 Å². The van der Waals surface area contributed by atoms with Gasteiger partial charge in [0, 0.05) is 31.2 Å². The van der Waals surface area contributed by atoms with Gasteiger partial charge in [-0.05, 0) is 68.7 Å². The molecule has 1 aromatic carbocycles. The van der Waals surface area contributed by atoms with E-state index in [-0.39, 0.29) is 11.5 Å². The maximum Gasteiger partial charge on any atom is 0.264 e. The Morgan fingerprint density at radius 3 is 2.17 bits per heavy atom. The van der Waals surface area contributed by atoms with E-state index in [9.17, 15) is 10.1 Å². The number of amides is 1. The first-order chi connectivity index (χ1) is 11.2. The molecule has 0 radical (unpaired) electrons. The molecular weight excluding hydrogens is 298 g/mol. The molecule has 0 saturated carbocycles. The molecule has 4 heteroatoms. The van der Waals surface area contributed by atoms with Crippen LogP contribution in [0.15, 0.2) is 29.8 Å². The molecule has 0 saturated heterocycles. The van der Waals surface area contributed by atoms with Crippen molar-refractivity contribution in [1.29, 1.82) is 5.26 Å². The lowest BCUT2D eigenvalue weighted by Gasteiger charge is -2.12. The first-order valence-corrected chi connectivity index (χ1v) is 7.85. The molecule has 0 aliphatic rings. The Balaban J connectivity index is 2.58. The highest BCUT2D eigenvalue weighted by Crippen LogP contribution is 2.24. The summed E-state index contributed by atoms with van der Waals surface area (Å²) in [4.78, 5) is 13.5. The van der Waals surface area contributed by atoms with Crippen LogP contribution in [0, 0.1) is 39.0 Å². The van der Waals surface area contributed by atoms with Crippen LogP contribution in [0.2, 0.25) is 0 Å². The van der Waals surface area contributed by atoms with E-state index in [1.54, 1.807) is 20.2 Å². The van der Waals surface area contributed by atoms with Crippen LogP contribution < -0.4 is 0 Å². The van der Waals surface area contributed by atoms with Crippen molar-refractivity contribution in [3.8, 4) is 11.8 Å². The molecule has 1 heterocycles. The average molecular weight is 321 g/mol. The minimum atomic E-state index is -0.284. The molecule has 0 fully saturated rings. The molecule has 2 rings (SSSR count). The second-order valence-electron chi connectivity index (χ2n) is 6.38. The minimum absolute atomic E-state index is 0.140. The zero-order chi connectivity index (χ0) is 18.0. The van der Waals surface area contributed by atoms with Crippen LogP contribution in [-0.4, -0.2) is 29.5 Å². The number of rotatable bonds is 3. The van der Waals surface area contributed by atoms with Crippen molar-refractivity contribution >= 4 is 12.0 Å². The zero-order valence-electron chi connectivity index (χ0n) is 15.1. The Morgan fingerprint density at radius 2 is 1.67 bits per heavy atom. The van der Waals surface area contributed by atoms with E-state index in [1.165, 1.54) is 16.0 Å². The van der Waals surface area contributed by atoms with Gasteiger partial charge in [0.1, 0.15) is 11.6 Å². The van der Waals surface area contributed by atoms with E-state index in [4.69, 9.17) is 0 Å². The number of aromatic nitrogens is 1. The van der Waals surface area contributed by atoms with Crippen LogP contribution in [0.25, 0.3) is 11.8 Å². The monoisotopic (exact) mass is 321 g/mol. The molecule has 1 aromatic heterocycles. The largest absolute Gasteiger partial charge is 0.344 e. The summed E-state index contributed by atoms with van der Waals surface area (Å²) in [5.41, 5.74) is 6.61. The van der Waals surface area contributed by atoms with Crippen molar-refractivity contribution in [3.05, 3.63) is 57.9 Å². The Bertz CT molecular complexity index is 843. The molecule has 0 aliphatic heterocycles. The second-order valence-corrected chi connectivity index (χ2v) is 6.38. The molecule has 0 unspecified atom stereocenters. The number of carbonyl (C=O) groups is 1. The summed E-state index contributed by atoms with van der Waals surface area (Å²) in [5.74, 6) is -0.284. The highest BCUT2D eigenvalue weighted by Gasteiger charge is 2.15. The summed E-state index contributed by atoms with van der Waals surface area (Å²) in [5, 5.41) is 9.29. The van der Waals surface area contributed by atoms with Crippen molar-refractivity contribution in [3.63, 3.8) is 0 Å². The van der Waals surface area contributed by atoms with Gasteiger partial charge in [-0.3, -0.25) is 4.79 Å². The third-order valence-corrected chi connectivity index (χ3v) is 3.99. The highest BCUT2D eigenvalue weighted by molar-refractivity contribution is 6.01. The molecule has 0 bridgehead atoms. The molecule has 0 N–H and O–H groups in total. The maximum absolute atomic E-state index is 12.1. The Morgan fingerprint density at radius 1 is 1.08 bits per heavy atom. The van der Waals surface area contributed by atoms with Crippen molar-refractivity contribution in [2.45, 2.75) is 27.7 Å². The van der Waals surface area contributed by atoms with Gasteiger partial charge in [-0.1, -0.05) is 6.07 Å². The summed E-state index contributed by atoms with van der Waals surface area (Å²) in [7, 11) is 3.29. The first kappa shape index (κ1) is 17.6. The summed E-state index contributed by atoms with van der Waals surface area (Å²) in [6.45, 7) is 8.19. The maximum atomic E-state index is 12.1. The molecule has 2 aromatic rings. The van der Waals surface area contributed by atoms with E-state index < -0.39 is 0 Å². The summed E-state index contributed by atoms with van der Waals surface area (Å²) in [6, 6.07) is 10.4. The molecule has 0 spiro atoms. The smallest absolute Gasteiger partial charge is 0.264 e. The van der Waals surface area contributed by atoms with E-state index in [0.717, 1.165) is 22.6 Å². The summed E-state index contributed by atoms with van der Waals surface area (Å²) < 4.78 is 2.15. The van der Waals surface area contributed by atoms with Crippen LogP contribution >= 0.6 is 0 Å². The normalized spacial score (nSPS) is 11.3. The third kappa shape index (κ3) is 3.41. The topological polar surface area (TPSA) is 49.0 Å². The van der Waals surface area contributed by atoms with Crippen LogP contribution in [0.1, 0.15) is 28.1 Å². The zero-order valence-corrected chi connectivity index (χ0v) is 15.1. The molecule has 1 amide bonds. The van der Waals surface area contributed by atoms with E-state index in [0.29, 0.717) is 0 Å². The van der Waals surface area contributed by atoms with Crippen LogP contribution in [0.4, 0.5) is 0 Å². The second kappa shape index (κ2) is 6.76. The minimum Gasteiger partial charge on any atom is -0.344 e. The number of hydrogen-bond donors (Lipinski definition) is 0. The first-order valence-electron chi connectivity index (χ1n) is 7.85. The van der Waals surface area contributed by atoms with Crippen molar-refractivity contribution in [2.24, 2.45) is 0 Å². The fourth-order valence-electron chi connectivity index (χ4n) is 2.95. The lowest BCUT2D eigenvalue weighted by atomic mass is 10.1. The average Bonchev–Trinajstić information content (AvgIpc) is 2.77. The summed E-state index contributed by atoms with van der Waals surface area (Å²) >= 11 is 0. The number of nitriles is 1. The number of benzene rings is 1. The highest BCUT2D eigenvalue weighted by atomic mass is 16.2. The van der Waals surface area contributed by atoms with Gasteiger partial charge in [-0.15, -0.1) is 0 Å². The van der Waals surface area contributed by atoms with Gasteiger partial charge < -0.3 is 9.47 Å². The van der Waals surface area contributed by atoms with Gasteiger partial charge in [-0.25, -0.2) is 0 Å². The molecule has 124 valence electrons. The molecule has 0 atom stereocenters. The van der Waals surface area contributed by atoms with Gasteiger partial charge in [-0.2, -0.15) is 5.26 Å². The SMILES string of the molecule is Cc1cc(C)cc(-n2c(C)cc(/C=C(\C#N)C(=O)N(C)C)c2C)c1. The van der Waals surface area contributed by atoms with E-state index in [2.05, 4.69) is 36.6 Å². The van der Waals surface area contributed by atoms with Crippen molar-refractivity contribution in [2.75, 3.05) is 14.1 Å². The van der Waals surface area contributed by atoms with Gasteiger partial charge >= 0.3 is 0 Å². The third-order valence-electron chi connectivity index (χ3n) is 3.99. The van der Waals surface area contributed by atoms with Crippen molar-refractivity contribution in [1.82, 2.24) is 9.47 Å². The lowest BCUT2D eigenvalue weighted by molar-refractivity contribution is -0.124. The number of carbonyl (C=O) groups excluding carboxylic acids is 1. The Kier molecular flexibility index (Phi) is 4.94. The van der Waals surface area contributed by atoms with Crippen LogP contribution in [-0.2, 0) is 4.79 Å². The molecule has 24 heavy (non-hydrogen) atoms. The van der Waals surface area contributed by atoms with Gasteiger partial charge in [0.25, 0.3) is 5.91 Å². The molecule has 4 nitrogen and oxygen atoms in total. The predicted molar refractivity (Wildman–Crippen MR) is 97.0 cm³/mol. The fraction of sp³-hybridized carbons (Fsp3) is 0.300. The van der Waals surface area contributed by atoms with E-state index >= 15 is 0 Å². The Labute approximate surface area is 143 Å². The quantitative estimate of drug-likeness (QED) is 0.639. The number of likely N-dealkylation sites (N-methyl/N-ethyl adjacent to an activating group) is 1. The van der Waals surface area contributed by atoms with Gasteiger partial charge in [0.15, 0.2) is 0 Å². The number of aryl methyl sites for hydroxylation is 3. The fourth-order valence-corrected chi connectivity index (χ4v) is 2.95. The molecular formula is C20H23N3O. The van der Waals surface area contributed by atoms with Gasteiger partial charge in [0.05, 0.1) is 0 Å². The molecule has 0 aliphatic carbocycles.